The zero-order valence-electron chi connectivity index (χ0n) is 6.24. The van der Waals surface area contributed by atoms with E-state index in [0.29, 0.717) is 0 Å². The van der Waals surface area contributed by atoms with E-state index < -0.39 is 16.7 Å². The van der Waals surface area contributed by atoms with Crippen LogP contribution in [0.4, 0.5) is 8.78 Å². The van der Waals surface area contributed by atoms with Crippen LogP contribution in [0.2, 0.25) is 5.02 Å². The molecule has 1 rings (SSSR count). The topological polar surface area (TPSA) is 23.8 Å². The Bertz CT molecular complexity index is 414. The van der Waals surface area contributed by atoms with Gasteiger partial charge < -0.3 is 0 Å². The highest BCUT2D eigenvalue weighted by Crippen LogP contribution is 2.19. The second kappa shape index (κ2) is 3.89. The summed E-state index contributed by atoms with van der Waals surface area (Å²) >= 11 is 5.22. The van der Waals surface area contributed by atoms with Gasteiger partial charge in [-0.1, -0.05) is 17.5 Å². The molecule has 4 heteroatoms. The third-order valence-corrected chi connectivity index (χ3v) is 1.61. The highest BCUT2D eigenvalue weighted by atomic mass is 35.5. The molecule has 0 aliphatic carbocycles. The smallest absolute Gasteiger partial charge is 0.152 e. The van der Waals surface area contributed by atoms with E-state index in [1.54, 1.807) is 0 Å². The molecule has 0 bridgehead atoms. The monoisotopic (exact) mass is 197 g/mol. The molecule has 0 spiro atoms. The number of nitrogens with zero attached hydrogens (tertiary/aromatic N) is 1. The fraction of sp³-hybridized carbons (Fsp3) is 0. The Labute approximate surface area is 78.6 Å². The maximum absolute atomic E-state index is 12.7. The van der Waals surface area contributed by atoms with E-state index in [4.69, 9.17) is 16.9 Å². The summed E-state index contributed by atoms with van der Waals surface area (Å²) in [6.45, 7) is 0. The van der Waals surface area contributed by atoms with Crippen molar-refractivity contribution in [3.8, 4) is 17.9 Å². The third-order valence-electron chi connectivity index (χ3n) is 1.25. The fourth-order valence-corrected chi connectivity index (χ4v) is 0.837. The van der Waals surface area contributed by atoms with Crippen molar-refractivity contribution in [3.63, 3.8) is 0 Å². The van der Waals surface area contributed by atoms with Crippen LogP contribution in [0.5, 0.6) is 0 Å². The summed E-state index contributed by atoms with van der Waals surface area (Å²) in [6, 6.07) is 3.47. The van der Waals surface area contributed by atoms with Crippen molar-refractivity contribution < 1.29 is 8.78 Å². The van der Waals surface area contributed by atoms with Gasteiger partial charge in [-0.2, -0.15) is 5.26 Å². The molecule has 0 radical (unpaired) electrons. The molecule has 1 nitrogen and oxygen atoms in total. The van der Waals surface area contributed by atoms with Gasteiger partial charge in [-0.15, -0.1) is 0 Å². The van der Waals surface area contributed by atoms with Gasteiger partial charge in [-0.05, 0) is 12.1 Å². The van der Waals surface area contributed by atoms with Crippen LogP contribution >= 0.6 is 11.6 Å². The van der Waals surface area contributed by atoms with Crippen LogP contribution in [0.25, 0.3) is 0 Å². The summed E-state index contributed by atoms with van der Waals surface area (Å²) in [6.07, 6.45) is 0. The Morgan fingerprint density at radius 1 is 1.23 bits per heavy atom. The third kappa shape index (κ3) is 2.18. The zero-order chi connectivity index (χ0) is 9.84. The molecule has 0 saturated heterocycles. The molecule has 0 fully saturated rings. The number of benzene rings is 1. The summed E-state index contributed by atoms with van der Waals surface area (Å²) in [5, 5.41) is 7.52. The van der Waals surface area contributed by atoms with Gasteiger partial charge in [0.05, 0.1) is 0 Å². The molecule has 0 atom stereocenters. The van der Waals surface area contributed by atoms with Crippen LogP contribution in [-0.2, 0) is 0 Å². The summed E-state index contributed by atoms with van der Waals surface area (Å²) in [7, 11) is 0. The number of rotatable bonds is 0. The zero-order valence-corrected chi connectivity index (χ0v) is 6.99. The van der Waals surface area contributed by atoms with Crippen LogP contribution in [0, 0.1) is 34.8 Å². The Morgan fingerprint density at radius 2 is 1.77 bits per heavy atom. The average molecular weight is 198 g/mol. The van der Waals surface area contributed by atoms with Gasteiger partial charge in [0.25, 0.3) is 0 Å². The minimum absolute atomic E-state index is 0.0842. The van der Waals surface area contributed by atoms with Crippen LogP contribution in [-0.4, -0.2) is 0 Å². The summed E-state index contributed by atoms with van der Waals surface area (Å²) in [4.78, 5) is 0. The summed E-state index contributed by atoms with van der Waals surface area (Å²) in [5.41, 5.74) is 0.0842. The quantitative estimate of drug-likeness (QED) is 0.463. The fourth-order valence-electron chi connectivity index (χ4n) is 0.728. The Hall–Kier alpha value is -1.58. The molecule has 0 aliphatic heterocycles. The van der Waals surface area contributed by atoms with Gasteiger partial charge in [0.15, 0.2) is 6.07 Å². The van der Waals surface area contributed by atoms with Gasteiger partial charge in [0.1, 0.15) is 16.7 Å². The molecule has 0 aromatic heterocycles. The van der Waals surface area contributed by atoms with E-state index in [1.807, 2.05) is 5.92 Å². The highest BCUT2D eigenvalue weighted by molar-refractivity contribution is 6.30. The minimum atomic E-state index is -0.885. The molecule has 64 valence electrons. The summed E-state index contributed by atoms with van der Waals surface area (Å²) in [5.74, 6) is 2.50. The Kier molecular flexibility index (Phi) is 2.84. The van der Waals surface area contributed by atoms with Crippen molar-refractivity contribution in [1.29, 1.82) is 5.26 Å². The molecule has 0 unspecified atom stereocenters. The average Bonchev–Trinajstić information content (AvgIpc) is 2.10. The normalized spacial score (nSPS) is 8.46. The van der Waals surface area contributed by atoms with Crippen LogP contribution < -0.4 is 0 Å². The first kappa shape index (κ1) is 9.51. The van der Waals surface area contributed by atoms with Crippen LogP contribution in [0.15, 0.2) is 12.1 Å². The molecule has 0 aliphatic rings. The van der Waals surface area contributed by atoms with E-state index in [1.165, 1.54) is 6.07 Å². The first-order valence-corrected chi connectivity index (χ1v) is 3.57. The first-order chi connectivity index (χ1) is 6.15. The van der Waals surface area contributed by atoms with Crippen molar-refractivity contribution in [2.24, 2.45) is 0 Å². The van der Waals surface area contributed by atoms with E-state index in [0.717, 1.165) is 12.1 Å². The second-order valence-corrected chi connectivity index (χ2v) is 2.49. The van der Waals surface area contributed by atoms with Crippen molar-refractivity contribution in [3.05, 3.63) is 34.4 Å². The molecular weight excluding hydrogens is 196 g/mol. The van der Waals surface area contributed by atoms with E-state index in [9.17, 15) is 8.78 Å². The molecular formula is C9H2ClF2N. The van der Waals surface area contributed by atoms with Crippen LogP contribution in [0.1, 0.15) is 5.56 Å². The van der Waals surface area contributed by atoms with Crippen molar-refractivity contribution >= 4 is 11.6 Å². The van der Waals surface area contributed by atoms with E-state index >= 15 is 0 Å². The first-order valence-electron chi connectivity index (χ1n) is 3.20. The lowest BCUT2D eigenvalue weighted by molar-refractivity contribution is 0.583. The number of halogens is 3. The molecule has 1 aromatic carbocycles. The maximum Gasteiger partial charge on any atom is 0.152 e. The standard InChI is InChI=1S/C9H2ClF2N/c10-9-7(11)4-6(2-1-3-13)5-8(9)12/h4-5H. The molecule has 0 amide bonds. The minimum Gasteiger partial charge on any atom is -0.205 e. The molecule has 0 N–H and O–H groups in total. The Morgan fingerprint density at radius 3 is 2.23 bits per heavy atom. The van der Waals surface area contributed by atoms with Crippen LogP contribution in [0.3, 0.4) is 0 Å². The van der Waals surface area contributed by atoms with Crippen molar-refractivity contribution in [1.82, 2.24) is 0 Å². The lowest BCUT2D eigenvalue weighted by Crippen LogP contribution is -1.86. The van der Waals surface area contributed by atoms with Gasteiger partial charge in [-0.3, -0.25) is 0 Å². The number of hydrogen-bond acceptors (Lipinski definition) is 1. The predicted molar refractivity (Wildman–Crippen MR) is 43.9 cm³/mol. The molecule has 13 heavy (non-hydrogen) atoms. The van der Waals surface area contributed by atoms with Gasteiger partial charge >= 0.3 is 0 Å². The molecule has 1 aromatic rings. The lowest BCUT2D eigenvalue weighted by Gasteiger charge is -1.96. The summed E-state index contributed by atoms with van der Waals surface area (Å²) < 4.78 is 25.5. The highest BCUT2D eigenvalue weighted by Gasteiger charge is 2.06. The van der Waals surface area contributed by atoms with Crippen molar-refractivity contribution in [2.45, 2.75) is 0 Å². The maximum atomic E-state index is 12.7. The van der Waals surface area contributed by atoms with E-state index in [-0.39, 0.29) is 5.56 Å². The van der Waals surface area contributed by atoms with Gasteiger partial charge in [0.2, 0.25) is 0 Å². The SMILES string of the molecule is N#CC#Cc1cc(F)c(Cl)c(F)c1. The predicted octanol–water partition coefficient (Wildman–Crippen LogP) is 2.49. The van der Waals surface area contributed by atoms with Gasteiger partial charge in [0, 0.05) is 11.5 Å². The number of nitriles is 1. The number of hydrogen-bond donors (Lipinski definition) is 0. The van der Waals surface area contributed by atoms with Gasteiger partial charge in [-0.25, -0.2) is 8.78 Å². The van der Waals surface area contributed by atoms with E-state index in [2.05, 4.69) is 5.92 Å². The molecule has 0 saturated carbocycles. The lowest BCUT2D eigenvalue weighted by atomic mass is 10.2. The largest absolute Gasteiger partial charge is 0.205 e. The second-order valence-electron chi connectivity index (χ2n) is 2.12. The van der Waals surface area contributed by atoms with Crippen molar-refractivity contribution in [2.75, 3.05) is 0 Å². The molecule has 0 heterocycles. The Balaban J connectivity index is 3.23.